The molecule has 1 unspecified atom stereocenters. The van der Waals surface area contributed by atoms with Gasteiger partial charge in [-0.1, -0.05) is 18.2 Å². The molecule has 7 heteroatoms. The number of allylic oxidation sites excluding steroid dienone is 3. The van der Waals surface area contributed by atoms with Crippen LogP contribution in [-0.2, 0) is 9.53 Å². The summed E-state index contributed by atoms with van der Waals surface area (Å²) in [6.45, 7) is 0.951. The number of carbonyl (C=O) groups is 1. The van der Waals surface area contributed by atoms with Crippen LogP contribution in [0.1, 0.15) is 18.4 Å². The molecular weight excluding hydrogens is 358 g/mol. The van der Waals surface area contributed by atoms with Gasteiger partial charge in [-0.15, -0.1) is 0 Å². The molecule has 3 heterocycles. The van der Waals surface area contributed by atoms with Crippen molar-refractivity contribution in [2.24, 2.45) is 0 Å². The molecule has 1 aromatic rings. The maximum Gasteiger partial charge on any atom is 0.264 e. The summed E-state index contributed by atoms with van der Waals surface area (Å²) < 4.78 is 10.9. The van der Waals surface area contributed by atoms with Crippen LogP contribution < -0.4 is 15.4 Å². The van der Waals surface area contributed by atoms with E-state index in [9.17, 15) is 9.90 Å². The van der Waals surface area contributed by atoms with Gasteiger partial charge in [-0.25, -0.2) is 0 Å². The monoisotopic (exact) mass is 383 g/mol. The highest BCUT2D eigenvalue weighted by Gasteiger charge is 2.40. The summed E-state index contributed by atoms with van der Waals surface area (Å²) in [7, 11) is 1.63. The number of aliphatic hydroxyl groups excluding tert-OH is 1. The van der Waals surface area contributed by atoms with Crippen LogP contribution >= 0.6 is 0 Å². The number of amides is 1. The SMILES string of the molecule is COc1ccccc1C1=C2C=CC=CN2C(C(=O)NC2(CO)CCOCC2)N1. The van der Waals surface area contributed by atoms with Gasteiger partial charge in [0.15, 0.2) is 6.17 Å². The number of methoxy groups -OCH3 is 1. The summed E-state index contributed by atoms with van der Waals surface area (Å²) >= 11 is 0. The van der Waals surface area contributed by atoms with Gasteiger partial charge in [0.05, 0.1) is 30.6 Å². The van der Waals surface area contributed by atoms with Crippen molar-refractivity contribution in [2.45, 2.75) is 24.5 Å². The summed E-state index contributed by atoms with van der Waals surface area (Å²) in [5.74, 6) is 0.552. The number of hydrogen-bond donors (Lipinski definition) is 3. The predicted molar refractivity (Wildman–Crippen MR) is 105 cm³/mol. The largest absolute Gasteiger partial charge is 0.496 e. The second kappa shape index (κ2) is 7.69. The van der Waals surface area contributed by atoms with Crippen molar-refractivity contribution in [3.8, 4) is 5.75 Å². The second-order valence-corrected chi connectivity index (χ2v) is 7.16. The molecule has 7 nitrogen and oxygen atoms in total. The molecule has 1 aromatic carbocycles. The minimum absolute atomic E-state index is 0.107. The van der Waals surface area contributed by atoms with Crippen molar-refractivity contribution < 1.29 is 19.4 Å². The zero-order valence-electron chi connectivity index (χ0n) is 15.9. The van der Waals surface area contributed by atoms with Crippen LogP contribution in [0.4, 0.5) is 0 Å². The van der Waals surface area contributed by atoms with Gasteiger partial charge < -0.3 is 30.1 Å². The van der Waals surface area contributed by atoms with Crippen molar-refractivity contribution in [3.05, 3.63) is 60.0 Å². The Hall–Kier alpha value is -2.77. The third-order valence-corrected chi connectivity index (χ3v) is 5.47. The van der Waals surface area contributed by atoms with Crippen LogP contribution in [0.15, 0.2) is 54.4 Å². The Bertz CT molecular complexity index is 840. The average Bonchev–Trinajstić information content (AvgIpc) is 3.14. The topological polar surface area (TPSA) is 83.1 Å². The minimum Gasteiger partial charge on any atom is -0.496 e. The van der Waals surface area contributed by atoms with Gasteiger partial charge in [-0.3, -0.25) is 4.79 Å². The van der Waals surface area contributed by atoms with Crippen LogP contribution in [0, 0.1) is 0 Å². The highest BCUT2D eigenvalue weighted by molar-refractivity contribution is 5.88. The lowest BCUT2D eigenvalue weighted by Gasteiger charge is -2.38. The van der Waals surface area contributed by atoms with Gasteiger partial charge >= 0.3 is 0 Å². The molecule has 0 saturated carbocycles. The smallest absolute Gasteiger partial charge is 0.264 e. The van der Waals surface area contributed by atoms with E-state index in [4.69, 9.17) is 9.47 Å². The quantitative estimate of drug-likeness (QED) is 0.712. The first-order valence-corrected chi connectivity index (χ1v) is 9.45. The van der Waals surface area contributed by atoms with Crippen molar-refractivity contribution in [1.82, 2.24) is 15.5 Å². The lowest BCUT2D eigenvalue weighted by Crippen LogP contribution is -2.60. The molecule has 0 aliphatic carbocycles. The molecule has 1 amide bonds. The molecule has 1 saturated heterocycles. The molecule has 0 aromatic heterocycles. The van der Waals surface area contributed by atoms with E-state index in [1.165, 1.54) is 0 Å². The van der Waals surface area contributed by atoms with Crippen LogP contribution in [0.3, 0.4) is 0 Å². The number of para-hydroxylation sites is 1. The molecule has 1 fully saturated rings. The summed E-state index contributed by atoms with van der Waals surface area (Å²) in [4.78, 5) is 15.1. The first kappa shape index (κ1) is 18.6. The number of fused-ring (bicyclic) bond motifs is 1. The minimum atomic E-state index is -0.639. The van der Waals surface area contributed by atoms with Crippen LogP contribution in [0.2, 0.25) is 0 Å². The van der Waals surface area contributed by atoms with Crippen LogP contribution in [0.5, 0.6) is 5.75 Å². The van der Waals surface area contributed by atoms with E-state index in [1.807, 2.05) is 53.6 Å². The van der Waals surface area contributed by atoms with Gasteiger partial charge in [0.1, 0.15) is 5.75 Å². The van der Waals surface area contributed by atoms with Gasteiger partial charge in [0.25, 0.3) is 5.91 Å². The molecule has 4 rings (SSSR count). The molecule has 3 aliphatic rings. The van der Waals surface area contributed by atoms with Gasteiger partial charge in [0.2, 0.25) is 0 Å². The third-order valence-electron chi connectivity index (χ3n) is 5.47. The second-order valence-electron chi connectivity index (χ2n) is 7.16. The molecule has 1 atom stereocenters. The molecule has 3 N–H and O–H groups in total. The van der Waals surface area contributed by atoms with Crippen molar-refractivity contribution >= 4 is 11.6 Å². The van der Waals surface area contributed by atoms with E-state index in [2.05, 4.69) is 10.6 Å². The van der Waals surface area contributed by atoms with Crippen LogP contribution in [-0.4, -0.2) is 54.5 Å². The molecule has 0 bridgehead atoms. The molecule has 3 aliphatic heterocycles. The average molecular weight is 383 g/mol. The van der Waals surface area contributed by atoms with E-state index < -0.39 is 11.7 Å². The highest BCUT2D eigenvalue weighted by Crippen LogP contribution is 2.35. The number of ether oxygens (including phenoxy) is 2. The van der Waals surface area contributed by atoms with Crippen molar-refractivity contribution in [2.75, 3.05) is 26.9 Å². The normalized spacial score (nSPS) is 22.6. The maximum absolute atomic E-state index is 13.2. The van der Waals surface area contributed by atoms with E-state index in [0.29, 0.717) is 26.1 Å². The molecule has 28 heavy (non-hydrogen) atoms. The third kappa shape index (κ3) is 3.27. The number of rotatable bonds is 5. The fourth-order valence-corrected chi connectivity index (χ4v) is 3.85. The number of benzene rings is 1. The Balaban J connectivity index is 1.61. The fraction of sp³-hybridized carbons (Fsp3) is 0.381. The maximum atomic E-state index is 13.2. The van der Waals surface area contributed by atoms with Crippen molar-refractivity contribution in [1.29, 1.82) is 0 Å². The zero-order valence-corrected chi connectivity index (χ0v) is 15.9. The number of hydrogen-bond acceptors (Lipinski definition) is 6. The standard InChI is InChI=1S/C21H25N3O4/c1-27-17-8-3-2-6-15(17)18-16-7-4-5-11-24(16)19(22-18)20(26)23-21(14-25)9-12-28-13-10-21/h2-8,11,19,22,25H,9-10,12-14H2,1H3,(H,23,26). The van der Waals surface area contributed by atoms with E-state index in [-0.39, 0.29) is 12.5 Å². The van der Waals surface area contributed by atoms with Gasteiger partial charge in [0, 0.05) is 25.0 Å². The van der Waals surface area contributed by atoms with E-state index in [0.717, 1.165) is 22.7 Å². The molecule has 0 radical (unpaired) electrons. The van der Waals surface area contributed by atoms with Crippen LogP contribution in [0.25, 0.3) is 5.70 Å². The van der Waals surface area contributed by atoms with E-state index >= 15 is 0 Å². The Morgan fingerprint density at radius 2 is 2.14 bits per heavy atom. The van der Waals surface area contributed by atoms with Gasteiger partial charge in [-0.2, -0.15) is 0 Å². The van der Waals surface area contributed by atoms with Crippen molar-refractivity contribution in [3.63, 3.8) is 0 Å². The Morgan fingerprint density at radius 3 is 2.89 bits per heavy atom. The highest BCUT2D eigenvalue weighted by atomic mass is 16.5. The molecule has 0 spiro atoms. The Kier molecular flexibility index (Phi) is 5.11. The Morgan fingerprint density at radius 1 is 1.36 bits per heavy atom. The fourth-order valence-electron chi connectivity index (χ4n) is 3.85. The lowest BCUT2D eigenvalue weighted by atomic mass is 9.91. The summed E-state index contributed by atoms with van der Waals surface area (Å²) in [6, 6.07) is 7.72. The number of carbonyl (C=O) groups excluding carboxylic acids is 1. The van der Waals surface area contributed by atoms with E-state index in [1.54, 1.807) is 7.11 Å². The predicted octanol–water partition coefficient (Wildman–Crippen LogP) is 1.34. The molecular formula is C21H25N3O4. The summed E-state index contributed by atoms with van der Waals surface area (Å²) in [6.07, 6.45) is 8.27. The first-order chi connectivity index (χ1) is 13.7. The number of nitrogens with zero attached hydrogens (tertiary/aromatic N) is 1. The number of aliphatic hydroxyl groups is 1. The lowest BCUT2D eigenvalue weighted by molar-refractivity contribution is -0.129. The molecule has 148 valence electrons. The zero-order chi connectivity index (χ0) is 19.6. The number of nitrogens with one attached hydrogen (secondary N) is 2. The Labute approximate surface area is 164 Å². The van der Waals surface area contributed by atoms with Gasteiger partial charge in [-0.05, 0) is 37.1 Å². The summed E-state index contributed by atoms with van der Waals surface area (Å²) in [5.41, 5.74) is 1.99. The first-order valence-electron chi connectivity index (χ1n) is 9.45. The summed E-state index contributed by atoms with van der Waals surface area (Å²) in [5, 5.41) is 16.3.